The van der Waals surface area contributed by atoms with Crippen molar-refractivity contribution < 1.29 is 35.1 Å². The summed E-state index contributed by atoms with van der Waals surface area (Å²) in [6.45, 7) is -3.18. The van der Waals surface area contributed by atoms with E-state index in [1.165, 1.54) is 0 Å². The number of sulfonamides is 1. The Bertz CT molecular complexity index is 980. The zero-order valence-corrected chi connectivity index (χ0v) is 14.9. The quantitative estimate of drug-likeness (QED) is 0.506. The first kappa shape index (κ1) is 21.5. The molecule has 2 rings (SSSR count). The van der Waals surface area contributed by atoms with Crippen molar-refractivity contribution in [3.8, 4) is 11.8 Å². The largest absolute Gasteiger partial charge is 0.435 e. The van der Waals surface area contributed by atoms with Gasteiger partial charge in [-0.15, -0.1) is 0 Å². The second kappa shape index (κ2) is 8.07. The second-order valence-electron chi connectivity index (χ2n) is 5.37. The summed E-state index contributed by atoms with van der Waals surface area (Å²) in [5.41, 5.74) is -0.982. The Kier molecular flexibility index (Phi) is 6.20. The minimum Gasteiger partial charge on any atom is -0.435 e. The molecule has 0 amide bonds. The minimum atomic E-state index is -4.84. The molecule has 0 radical (unpaired) electrons. The summed E-state index contributed by atoms with van der Waals surface area (Å²) in [7, 11) is -4.25. The zero-order valence-electron chi connectivity index (χ0n) is 14.1. The first-order chi connectivity index (χ1) is 13.0. The summed E-state index contributed by atoms with van der Waals surface area (Å²) in [4.78, 5) is 2.85. The molecule has 12 heteroatoms. The van der Waals surface area contributed by atoms with Crippen LogP contribution in [-0.4, -0.2) is 37.8 Å². The van der Waals surface area contributed by atoms with Crippen LogP contribution in [0, 0.1) is 11.3 Å². The van der Waals surface area contributed by atoms with Crippen LogP contribution in [0.15, 0.2) is 47.6 Å². The van der Waals surface area contributed by atoms with Crippen molar-refractivity contribution >= 4 is 10.0 Å². The number of rotatable bonds is 7. The van der Waals surface area contributed by atoms with Gasteiger partial charge in [-0.05, 0) is 18.2 Å². The van der Waals surface area contributed by atoms with Crippen molar-refractivity contribution in [2.45, 2.75) is 23.7 Å². The molecule has 28 heavy (non-hydrogen) atoms. The highest BCUT2D eigenvalue weighted by molar-refractivity contribution is 7.89. The normalized spacial score (nSPS) is 14.1. The molecule has 1 atom stereocenters. The molecule has 1 heterocycles. The average Bonchev–Trinajstić information content (AvgIpc) is 2.66. The number of benzene rings is 1. The average molecular weight is 421 g/mol. The van der Waals surface area contributed by atoms with Crippen LogP contribution in [0.25, 0.3) is 0 Å². The number of pyridine rings is 1. The van der Waals surface area contributed by atoms with Crippen LogP contribution in [0.4, 0.5) is 22.0 Å². The molecule has 0 spiro atoms. The van der Waals surface area contributed by atoms with Gasteiger partial charge in [-0.2, -0.15) is 18.3 Å². The molecule has 0 saturated carbocycles. The van der Waals surface area contributed by atoms with Crippen molar-refractivity contribution in [2.24, 2.45) is 0 Å². The van der Waals surface area contributed by atoms with Gasteiger partial charge in [0.2, 0.25) is 10.0 Å². The molecule has 0 bridgehead atoms. The number of nitriles is 1. The Hall–Kier alpha value is -2.78. The van der Waals surface area contributed by atoms with Gasteiger partial charge in [-0.25, -0.2) is 21.6 Å². The molecule has 1 aromatic carbocycles. The van der Waals surface area contributed by atoms with E-state index in [-0.39, 0.29) is 9.87 Å². The molecular weight excluding hydrogens is 409 g/mol. The molecule has 0 N–H and O–H groups in total. The molecule has 0 saturated heterocycles. The van der Waals surface area contributed by atoms with Gasteiger partial charge in [-0.1, -0.05) is 12.1 Å². The number of ether oxygens (including phenoxy) is 1. The number of hydrogen-bond acceptors (Lipinski definition) is 5. The fourth-order valence-electron chi connectivity index (χ4n) is 2.27. The highest BCUT2D eigenvalue weighted by Crippen LogP contribution is 2.39. The van der Waals surface area contributed by atoms with Crippen LogP contribution in [0.1, 0.15) is 11.1 Å². The third-order valence-electron chi connectivity index (χ3n) is 3.73. The fraction of sp³-hybridized carbons (Fsp3) is 0.250. The van der Waals surface area contributed by atoms with Gasteiger partial charge in [-0.3, -0.25) is 4.98 Å². The third kappa shape index (κ3) is 4.05. The highest BCUT2D eigenvalue weighted by Gasteiger charge is 2.51. The molecule has 0 aliphatic heterocycles. The van der Waals surface area contributed by atoms with Crippen molar-refractivity contribution in [1.29, 1.82) is 5.26 Å². The van der Waals surface area contributed by atoms with E-state index in [0.29, 0.717) is 19.2 Å². The van der Waals surface area contributed by atoms with E-state index in [1.807, 2.05) is 0 Å². The smallest absolute Gasteiger partial charge is 0.387 e. The Balaban J connectivity index is 2.50. The van der Waals surface area contributed by atoms with Crippen LogP contribution < -0.4 is 4.74 Å². The Labute approximate surface area is 156 Å². The van der Waals surface area contributed by atoms with Crippen LogP contribution >= 0.6 is 0 Å². The Morgan fingerprint density at radius 2 is 1.79 bits per heavy atom. The molecule has 2 aromatic rings. The number of hydrogen-bond donors (Lipinski definition) is 0. The topological polar surface area (TPSA) is 83.3 Å². The van der Waals surface area contributed by atoms with Crippen LogP contribution in [0.5, 0.6) is 5.75 Å². The monoisotopic (exact) mass is 421 g/mol. The lowest BCUT2D eigenvalue weighted by atomic mass is 10.0. The van der Waals surface area contributed by atoms with E-state index in [4.69, 9.17) is 5.26 Å². The van der Waals surface area contributed by atoms with Gasteiger partial charge >= 0.3 is 6.61 Å². The Morgan fingerprint density at radius 1 is 1.18 bits per heavy atom. The van der Waals surface area contributed by atoms with E-state index < -0.39 is 45.1 Å². The zero-order chi connectivity index (χ0) is 21.1. The summed E-state index contributed by atoms with van der Waals surface area (Å²) in [6, 6.07) is 5.50. The van der Waals surface area contributed by atoms with Gasteiger partial charge in [0.15, 0.2) is 0 Å². The fourth-order valence-corrected chi connectivity index (χ4v) is 3.59. The van der Waals surface area contributed by atoms with Gasteiger partial charge in [0.05, 0.1) is 5.56 Å². The summed E-state index contributed by atoms with van der Waals surface area (Å²) in [5, 5.41) is 8.82. The first-order valence-corrected chi connectivity index (χ1v) is 8.84. The molecule has 1 unspecified atom stereocenters. The SMILES string of the molecule is CN(C(F)(c1ccc(OC(F)F)cc1)C(F)F)S(=O)(=O)c1cncc(C#N)c1. The van der Waals surface area contributed by atoms with Crippen molar-refractivity contribution in [3.63, 3.8) is 0 Å². The van der Waals surface area contributed by atoms with E-state index in [2.05, 4.69) is 9.72 Å². The number of aromatic nitrogens is 1. The number of halogens is 5. The van der Waals surface area contributed by atoms with Gasteiger partial charge < -0.3 is 4.74 Å². The molecule has 6 nitrogen and oxygen atoms in total. The summed E-state index contributed by atoms with van der Waals surface area (Å²) >= 11 is 0. The maximum atomic E-state index is 15.3. The van der Waals surface area contributed by atoms with Crippen molar-refractivity contribution in [3.05, 3.63) is 53.9 Å². The van der Waals surface area contributed by atoms with E-state index in [9.17, 15) is 26.0 Å². The standard InChI is InChI=1S/C16H12F5N3O3S/c1-24(28(25,26)13-6-10(7-22)8-23-9-13)16(21,14(17)18)11-2-4-12(5-3-11)27-15(19)20/h2-6,8-9,14-15H,1H3. The lowest BCUT2D eigenvalue weighted by Crippen LogP contribution is -2.48. The second-order valence-corrected chi connectivity index (χ2v) is 7.34. The summed E-state index contributed by atoms with van der Waals surface area (Å²) in [5.74, 6) is -4.25. The maximum absolute atomic E-state index is 15.3. The molecule has 1 aromatic heterocycles. The Morgan fingerprint density at radius 3 is 2.29 bits per heavy atom. The maximum Gasteiger partial charge on any atom is 0.387 e. The van der Waals surface area contributed by atoms with Gasteiger partial charge in [0, 0.05) is 25.0 Å². The van der Waals surface area contributed by atoms with Crippen molar-refractivity contribution in [1.82, 2.24) is 9.29 Å². The predicted molar refractivity (Wildman–Crippen MR) is 85.8 cm³/mol. The summed E-state index contributed by atoms with van der Waals surface area (Å²) < 4.78 is 96.0. The summed E-state index contributed by atoms with van der Waals surface area (Å²) in [6.07, 6.45) is -2.02. The number of alkyl halides is 5. The molecular formula is C16H12F5N3O3S. The van der Waals surface area contributed by atoms with Gasteiger partial charge in [0.1, 0.15) is 16.7 Å². The van der Waals surface area contributed by atoms with Gasteiger partial charge in [0.25, 0.3) is 12.2 Å². The lowest BCUT2D eigenvalue weighted by Gasteiger charge is -2.33. The van der Waals surface area contributed by atoms with Crippen LogP contribution in [0.3, 0.4) is 0 Å². The predicted octanol–water partition coefficient (Wildman–Crippen LogP) is 3.26. The minimum absolute atomic E-state index is 0.176. The molecule has 150 valence electrons. The lowest BCUT2D eigenvalue weighted by molar-refractivity contribution is -0.104. The van der Waals surface area contributed by atoms with E-state index >= 15 is 4.39 Å². The number of nitrogens with zero attached hydrogens (tertiary/aromatic N) is 3. The van der Waals surface area contributed by atoms with Crippen LogP contribution in [-0.2, 0) is 15.8 Å². The van der Waals surface area contributed by atoms with E-state index in [1.54, 1.807) is 6.07 Å². The van der Waals surface area contributed by atoms with Crippen LogP contribution in [0.2, 0.25) is 0 Å². The van der Waals surface area contributed by atoms with E-state index in [0.717, 1.165) is 30.6 Å². The third-order valence-corrected chi connectivity index (χ3v) is 5.54. The molecule has 0 aliphatic carbocycles. The molecule has 0 aliphatic rings. The first-order valence-electron chi connectivity index (χ1n) is 7.40. The highest BCUT2D eigenvalue weighted by atomic mass is 32.2. The molecule has 0 fully saturated rings. The van der Waals surface area contributed by atoms with Crippen molar-refractivity contribution in [2.75, 3.05) is 7.05 Å².